The first-order valence-electron chi connectivity index (χ1n) is 3.81. The Morgan fingerprint density at radius 2 is 2.07 bits per heavy atom. The van der Waals surface area contributed by atoms with Gasteiger partial charge in [0.05, 0.1) is 12.4 Å². The minimum Gasteiger partial charge on any atom is -0.259 e. The van der Waals surface area contributed by atoms with Gasteiger partial charge in [-0.25, -0.2) is 4.98 Å². The van der Waals surface area contributed by atoms with E-state index in [1.165, 1.54) is 29.3 Å². The number of hydrogen-bond donors (Lipinski definition) is 0. The van der Waals surface area contributed by atoms with Gasteiger partial charge in [0.2, 0.25) is 0 Å². The summed E-state index contributed by atoms with van der Waals surface area (Å²) < 4.78 is 1.78. The maximum Gasteiger partial charge on any atom is 0.181 e. The average molecular weight is 277 g/mol. The highest BCUT2D eigenvalue weighted by Crippen LogP contribution is 2.31. The van der Waals surface area contributed by atoms with Gasteiger partial charge in [0, 0.05) is 0 Å². The van der Waals surface area contributed by atoms with E-state index in [0.717, 1.165) is 13.7 Å². The Hall–Kier alpha value is -0.370. The molecule has 0 saturated carbocycles. The summed E-state index contributed by atoms with van der Waals surface area (Å²) in [6.45, 7) is 0. The van der Waals surface area contributed by atoms with Gasteiger partial charge in [-0.15, -0.1) is 10.2 Å². The first-order chi connectivity index (χ1) is 7.28. The number of nitrogens with zero attached hydrogens (tertiary/aromatic N) is 4. The van der Waals surface area contributed by atoms with Crippen molar-refractivity contribution in [3.8, 4) is 0 Å². The minimum absolute atomic E-state index is 0.384. The highest BCUT2D eigenvalue weighted by molar-refractivity contribution is 8.02. The largest absolute Gasteiger partial charge is 0.259 e. The summed E-state index contributed by atoms with van der Waals surface area (Å²) in [5, 5.41) is 9.11. The molecule has 2 rings (SSSR count). The topological polar surface area (TPSA) is 51.6 Å². The summed E-state index contributed by atoms with van der Waals surface area (Å²) in [7, 11) is 0. The van der Waals surface area contributed by atoms with Crippen LogP contribution in [0.25, 0.3) is 0 Å². The SMILES string of the molecule is CSc1nnc(Sc2cncc(Cl)n2)s1. The zero-order valence-electron chi connectivity index (χ0n) is 7.55. The third kappa shape index (κ3) is 3.04. The molecule has 0 aliphatic carbocycles. The van der Waals surface area contributed by atoms with Gasteiger partial charge in [0.1, 0.15) is 10.2 Å². The van der Waals surface area contributed by atoms with Crippen LogP contribution >= 0.6 is 46.5 Å². The van der Waals surface area contributed by atoms with E-state index in [-0.39, 0.29) is 0 Å². The van der Waals surface area contributed by atoms with E-state index in [2.05, 4.69) is 20.2 Å². The van der Waals surface area contributed by atoms with E-state index in [4.69, 9.17) is 11.6 Å². The van der Waals surface area contributed by atoms with E-state index >= 15 is 0 Å². The fourth-order valence-electron chi connectivity index (χ4n) is 0.785. The summed E-state index contributed by atoms with van der Waals surface area (Å²) in [6, 6.07) is 0. The molecule has 0 amide bonds. The van der Waals surface area contributed by atoms with E-state index in [1.54, 1.807) is 18.0 Å². The first kappa shape index (κ1) is 11.1. The summed E-state index contributed by atoms with van der Waals surface area (Å²) >= 11 is 10.2. The summed E-state index contributed by atoms with van der Waals surface area (Å²) in [6.07, 6.45) is 5.11. The molecule has 0 spiro atoms. The second-order valence-corrected chi connectivity index (χ2v) is 6.01. The summed E-state index contributed by atoms with van der Waals surface area (Å²) in [5.74, 6) is 0. The van der Waals surface area contributed by atoms with Crippen LogP contribution in [-0.4, -0.2) is 26.4 Å². The predicted molar refractivity (Wildman–Crippen MR) is 62.9 cm³/mol. The molecule has 15 heavy (non-hydrogen) atoms. The van der Waals surface area contributed by atoms with Crippen LogP contribution in [-0.2, 0) is 0 Å². The van der Waals surface area contributed by atoms with Gasteiger partial charge in [-0.2, -0.15) is 0 Å². The second-order valence-electron chi connectivity index (χ2n) is 2.32. The van der Waals surface area contributed by atoms with Gasteiger partial charge in [-0.05, 0) is 18.0 Å². The van der Waals surface area contributed by atoms with Crippen LogP contribution in [0, 0.1) is 0 Å². The van der Waals surface area contributed by atoms with Crippen LogP contribution in [0.15, 0.2) is 26.1 Å². The summed E-state index contributed by atoms with van der Waals surface area (Å²) in [4.78, 5) is 8.04. The molecule has 0 saturated heterocycles. The zero-order valence-corrected chi connectivity index (χ0v) is 10.8. The molecule has 4 nitrogen and oxygen atoms in total. The Labute approximate surface area is 104 Å². The Morgan fingerprint density at radius 1 is 1.27 bits per heavy atom. The number of hydrogen-bond acceptors (Lipinski definition) is 7. The number of rotatable bonds is 3. The molecule has 0 aliphatic rings. The van der Waals surface area contributed by atoms with Crippen molar-refractivity contribution >= 4 is 46.5 Å². The Morgan fingerprint density at radius 3 is 2.73 bits per heavy atom. The van der Waals surface area contributed by atoms with Crippen LogP contribution in [0.1, 0.15) is 0 Å². The van der Waals surface area contributed by atoms with Crippen molar-refractivity contribution in [2.75, 3.05) is 6.26 Å². The molecule has 2 heterocycles. The van der Waals surface area contributed by atoms with Crippen molar-refractivity contribution in [3.05, 3.63) is 17.5 Å². The van der Waals surface area contributed by atoms with Crippen molar-refractivity contribution in [1.29, 1.82) is 0 Å². The fourth-order valence-corrected chi connectivity index (χ4v) is 3.32. The van der Waals surface area contributed by atoms with Gasteiger partial charge < -0.3 is 0 Å². The maximum absolute atomic E-state index is 5.72. The van der Waals surface area contributed by atoms with Crippen LogP contribution in [0.3, 0.4) is 0 Å². The van der Waals surface area contributed by atoms with Gasteiger partial charge >= 0.3 is 0 Å². The van der Waals surface area contributed by atoms with Gasteiger partial charge in [-0.3, -0.25) is 4.98 Å². The van der Waals surface area contributed by atoms with Crippen molar-refractivity contribution in [3.63, 3.8) is 0 Å². The highest BCUT2D eigenvalue weighted by atomic mass is 35.5. The van der Waals surface area contributed by atoms with Crippen LogP contribution < -0.4 is 0 Å². The molecule has 0 N–H and O–H groups in total. The molecular formula is C7H5ClN4S3. The third-order valence-electron chi connectivity index (χ3n) is 1.34. The van der Waals surface area contributed by atoms with E-state index < -0.39 is 0 Å². The molecule has 0 unspecified atom stereocenters. The average Bonchev–Trinajstić information content (AvgIpc) is 2.65. The number of aromatic nitrogens is 4. The van der Waals surface area contributed by atoms with Crippen molar-refractivity contribution < 1.29 is 0 Å². The lowest BCUT2D eigenvalue weighted by Gasteiger charge is -1.94. The predicted octanol–water partition coefficient (Wildman–Crippen LogP) is 2.85. The molecule has 2 aromatic rings. The van der Waals surface area contributed by atoms with Crippen LogP contribution in [0.5, 0.6) is 0 Å². The number of halogens is 1. The van der Waals surface area contributed by atoms with E-state index in [0.29, 0.717) is 5.15 Å². The number of thioether (sulfide) groups is 1. The molecule has 0 radical (unpaired) electrons. The Kier molecular flexibility index (Phi) is 3.79. The monoisotopic (exact) mass is 276 g/mol. The molecule has 0 aromatic carbocycles. The van der Waals surface area contributed by atoms with Gasteiger partial charge in [0.25, 0.3) is 0 Å². The standard InChI is InChI=1S/C7H5ClN4S3/c1-13-6-11-12-7(15-6)14-5-3-9-2-4(8)10-5/h2-3H,1H3. The Bertz CT molecular complexity index is 461. The minimum atomic E-state index is 0.384. The Balaban J connectivity index is 2.14. The quantitative estimate of drug-likeness (QED) is 0.804. The van der Waals surface area contributed by atoms with Crippen LogP contribution in [0.2, 0.25) is 5.15 Å². The molecule has 2 aromatic heterocycles. The molecule has 0 fully saturated rings. The lowest BCUT2D eigenvalue weighted by Crippen LogP contribution is -1.82. The van der Waals surface area contributed by atoms with Crippen molar-refractivity contribution in [1.82, 2.24) is 20.2 Å². The van der Waals surface area contributed by atoms with Crippen LogP contribution in [0.4, 0.5) is 0 Å². The molecule has 78 valence electrons. The summed E-state index contributed by atoms with van der Waals surface area (Å²) in [5.41, 5.74) is 0. The molecule has 0 bridgehead atoms. The molecular weight excluding hydrogens is 272 g/mol. The fraction of sp³-hybridized carbons (Fsp3) is 0.143. The van der Waals surface area contributed by atoms with E-state index in [1.807, 2.05) is 6.26 Å². The molecule has 0 atom stereocenters. The maximum atomic E-state index is 5.72. The lowest BCUT2D eigenvalue weighted by atomic mass is 10.8. The van der Waals surface area contributed by atoms with Crippen molar-refractivity contribution in [2.24, 2.45) is 0 Å². The van der Waals surface area contributed by atoms with Gasteiger partial charge in [-0.1, -0.05) is 34.7 Å². The first-order valence-corrected chi connectivity index (χ1v) is 7.04. The van der Waals surface area contributed by atoms with E-state index in [9.17, 15) is 0 Å². The zero-order chi connectivity index (χ0) is 10.7. The lowest BCUT2D eigenvalue weighted by molar-refractivity contribution is 0.952. The van der Waals surface area contributed by atoms with Crippen molar-refractivity contribution in [2.45, 2.75) is 13.7 Å². The second kappa shape index (κ2) is 5.11. The van der Waals surface area contributed by atoms with Gasteiger partial charge in [0.15, 0.2) is 8.68 Å². The highest BCUT2D eigenvalue weighted by Gasteiger charge is 2.06. The molecule has 0 aliphatic heterocycles. The smallest absolute Gasteiger partial charge is 0.181 e. The normalized spacial score (nSPS) is 10.5. The molecule has 8 heteroatoms. The third-order valence-corrected chi connectivity index (χ3v) is 4.38.